The Morgan fingerprint density at radius 2 is 2.11 bits per heavy atom. The third-order valence-corrected chi connectivity index (χ3v) is 6.21. The molecule has 2 aromatic carbocycles. The molecule has 0 saturated carbocycles. The molecule has 1 saturated heterocycles. The lowest BCUT2D eigenvalue weighted by atomic mass is 10.1. The zero-order valence-electron chi connectivity index (χ0n) is 19.2. The van der Waals surface area contributed by atoms with E-state index in [1.807, 2.05) is 4.90 Å². The summed E-state index contributed by atoms with van der Waals surface area (Å²) in [5.74, 6) is -1.05. The number of anilines is 1. The molecule has 2 aliphatic rings. The van der Waals surface area contributed by atoms with Crippen LogP contribution in [0.25, 0.3) is 16.6 Å². The number of carbonyl (C=O) groups excluding carboxylic acids is 2. The Balaban J connectivity index is 1.63. The molecule has 3 N–H and O–H groups in total. The maximum absolute atomic E-state index is 15.5. The number of aromatic nitrogens is 1. The SMILES string of the molecule is CCOC(=O)CCNC(=O)c1cn2c3c(c(N4CCC(N)C4)c(F)cc3c1=O)Oc1ccccc1-2. The molecule has 1 unspecified atom stereocenters. The van der Waals surface area contributed by atoms with Crippen LogP contribution in [0.5, 0.6) is 11.5 Å². The molecule has 10 heteroatoms. The van der Waals surface area contributed by atoms with Crippen LogP contribution in [0.1, 0.15) is 30.1 Å². The Labute approximate surface area is 200 Å². The number of esters is 1. The number of rotatable bonds is 6. The molecule has 0 bridgehead atoms. The van der Waals surface area contributed by atoms with Gasteiger partial charge in [-0.2, -0.15) is 0 Å². The summed E-state index contributed by atoms with van der Waals surface area (Å²) in [4.78, 5) is 39.7. The minimum absolute atomic E-state index is 0.00259. The highest BCUT2D eigenvalue weighted by Gasteiger charge is 2.32. The smallest absolute Gasteiger partial charge is 0.307 e. The molecular weight excluding hydrogens is 455 g/mol. The largest absolute Gasteiger partial charge is 0.466 e. The van der Waals surface area contributed by atoms with Gasteiger partial charge in [-0.15, -0.1) is 0 Å². The highest BCUT2D eigenvalue weighted by molar-refractivity contribution is 6.01. The van der Waals surface area contributed by atoms with Crippen molar-refractivity contribution in [3.63, 3.8) is 0 Å². The van der Waals surface area contributed by atoms with Gasteiger partial charge in [0.15, 0.2) is 17.3 Å². The predicted molar refractivity (Wildman–Crippen MR) is 128 cm³/mol. The number of nitrogens with zero attached hydrogens (tertiary/aromatic N) is 2. The average molecular weight is 480 g/mol. The second kappa shape index (κ2) is 9.03. The minimum atomic E-state index is -0.662. The number of nitrogens with one attached hydrogen (secondary N) is 1. The topological polar surface area (TPSA) is 116 Å². The number of fused-ring (bicyclic) bond motifs is 2. The van der Waals surface area contributed by atoms with Crippen LogP contribution in [0.15, 0.2) is 41.3 Å². The van der Waals surface area contributed by atoms with Gasteiger partial charge in [-0.1, -0.05) is 12.1 Å². The van der Waals surface area contributed by atoms with E-state index < -0.39 is 23.1 Å². The van der Waals surface area contributed by atoms with Gasteiger partial charge in [0.1, 0.15) is 16.8 Å². The molecule has 0 spiro atoms. The molecule has 1 aromatic heterocycles. The number of carbonyl (C=O) groups is 2. The van der Waals surface area contributed by atoms with Gasteiger partial charge in [-0.25, -0.2) is 4.39 Å². The average Bonchev–Trinajstić information content (AvgIpc) is 3.26. The maximum Gasteiger partial charge on any atom is 0.307 e. The zero-order valence-corrected chi connectivity index (χ0v) is 19.2. The van der Waals surface area contributed by atoms with E-state index in [9.17, 15) is 14.4 Å². The Kier molecular flexibility index (Phi) is 5.89. The second-order valence-corrected chi connectivity index (χ2v) is 8.55. The first-order valence-electron chi connectivity index (χ1n) is 11.5. The van der Waals surface area contributed by atoms with E-state index in [1.165, 1.54) is 6.20 Å². The minimum Gasteiger partial charge on any atom is -0.466 e. The van der Waals surface area contributed by atoms with Crippen LogP contribution in [-0.2, 0) is 9.53 Å². The maximum atomic E-state index is 15.5. The summed E-state index contributed by atoms with van der Waals surface area (Å²) >= 11 is 0. The molecular formula is C25H25FN4O5. The van der Waals surface area contributed by atoms with Crippen LogP contribution >= 0.6 is 0 Å². The Bertz CT molecular complexity index is 1400. The number of hydrogen-bond acceptors (Lipinski definition) is 7. The van der Waals surface area contributed by atoms with Gasteiger partial charge in [0.2, 0.25) is 5.43 Å². The number of nitrogens with two attached hydrogens (primary N) is 1. The monoisotopic (exact) mass is 480 g/mol. The summed E-state index contributed by atoms with van der Waals surface area (Å²) in [6, 6.07) is 8.20. The van der Waals surface area contributed by atoms with Gasteiger partial charge >= 0.3 is 5.97 Å². The second-order valence-electron chi connectivity index (χ2n) is 8.55. The first kappa shape index (κ1) is 22.9. The normalized spacial score (nSPS) is 16.1. The van der Waals surface area contributed by atoms with Crippen molar-refractivity contribution < 1.29 is 23.5 Å². The van der Waals surface area contributed by atoms with E-state index in [1.54, 1.807) is 35.8 Å². The van der Waals surface area contributed by atoms with Crippen LogP contribution in [0.3, 0.4) is 0 Å². The summed E-state index contributed by atoms with van der Waals surface area (Å²) in [7, 11) is 0. The highest BCUT2D eigenvalue weighted by atomic mass is 19.1. The summed E-state index contributed by atoms with van der Waals surface area (Å²) in [6.07, 6.45) is 2.12. The van der Waals surface area contributed by atoms with Crippen molar-refractivity contribution in [3.8, 4) is 17.2 Å². The lowest BCUT2D eigenvalue weighted by Gasteiger charge is -2.29. The van der Waals surface area contributed by atoms with Gasteiger partial charge in [0, 0.05) is 31.9 Å². The summed E-state index contributed by atoms with van der Waals surface area (Å²) in [6.45, 7) is 2.96. The van der Waals surface area contributed by atoms with Crippen LogP contribution in [-0.4, -0.2) is 48.7 Å². The first-order chi connectivity index (χ1) is 16.9. The number of hydrogen-bond donors (Lipinski definition) is 2. The lowest BCUT2D eigenvalue weighted by Crippen LogP contribution is -2.32. The van der Waals surface area contributed by atoms with Crippen molar-refractivity contribution in [2.75, 3.05) is 31.1 Å². The number of pyridine rings is 1. The lowest BCUT2D eigenvalue weighted by molar-refractivity contribution is -0.142. The molecule has 9 nitrogen and oxygen atoms in total. The van der Waals surface area contributed by atoms with Crippen molar-refractivity contribution in [2.45, 2.75) is 25.8 Å². The van der Waals surface area contributed by atoms with Crippen LogP contribution in [0.2, 0.25) is 0 Å². The van der Waals surface area contributed by atoms with Crippen molar-refractivity contribution in [1.82, 2.24) is 9.88 Å². The molecule has 35 heavy (non-hydrogen) atoms. The van der Waals surface area contributed by atoms with Crippen molar-refractivity contribution >= 4 is 28.5 Å². The summed E-state index contributed by atoms with van der Waals surface area (Å²) < 4.78 is 28.2. The number of halogens is 1. The van der Waals surface area contributed by atoms with Gasteiger partial charge in [-0.05, 0) is 31.5 Å². The standard InChI is InChI=1S/C25H25FN4O5/c1-2-34-20(31)7-9-28-25(33)16-13-30-18-5-3-4-6-19(18)35-24-21(30)15(23(16)32)11-17(26)22(24)29-10-8-14(27)12-29/h3-6,11,13-14H,2,7-10,12,27H2,1H3,(H,28,33). The van der Waals surface area contributed by atoms with Crippen molar-refractivity contribution in [2.24, 2.45) is 5.73 Å². The molecule has 1 atom stereocenters. The quantitative estimate of drug-likeness (QED) is 0.407. The van der Waals surface area contributed by atoms with E-state index in [0.29, 0.717) is 36.5 Å². The number of para-hydroxylation sites is 2. The Morgan fingerprint density at radius 1 is 1.31 bits per heavy atom. The molecule has 5 rings (SSSR count). The third-order valence-electron chi connectivity index (χ3n) is 6.21. The molecule has 0 aliphatic carbocycles. The molecule has 0 radical (unpaired) electrons. The predicted octanol–water partition coefficient (Wildman–Crippen LogP) is 2.46. The fraction of sp³-hybridized carbons (Fsp3) is 0.320. The summed E-state index contributed by atoms with van der Waals surface area (Å²) in [5, 5.41) is 2.60. The van der Waals surface area contributed by atoms with Gasteiger partial charge in [0.05, 0.1) is 24.1 Å². The van der Waals surface area contributed by atoms with Gasteiger partial charge in [0.25, 0.3) is 5.91 Å². The van der Waals surface area contributed by atoms with E-state index in [0.717, 1.165) is 6.07 Å². The Morgan fingerprint density at radius 3 is 2.86 bits per heavy atom. The fourth-order valence-corrected chi connectivity index (χ4v) is 4.61. The van der Waals surface area contributed by atoms with Crippen LogP contribution < -0.4 is 26.1 Å². The number of benzene rings is 2. The molecule has 1 fully saturated rings. The van der Waals surface area contributed by atoms with Crippen LogP contribution in [0.4, 0.5) is 10.1 Å². The van der Waals surface area contributed by atoms with Gasteiger partial charge < -0.3 is 30.0 Å². The zero-order chi connectivity index (χ0) is 24.7. The van der Waals surface area contributed by atoms with E-state index >= 15 is 4.39 Å². The molecule has 3 aromatic rings. The van der Waals surface area contributed by atoms with Crippen molar-refractivity contribution in [1.29, 1.82) is 0 Å². The number of ether oxygens (including phenoxy) is 2. The third kappa shape index (κ3) is 3.99. The molecule has 3 heterocycles. The molecule has 2 aliphatic heterocycles. The van der Waals surface area contributed by atoms with Crippen molar-refractivity contribution in [3.05, 3.63) is 58.1 Å². The van der Waals surface area contributed by atoms with E-state index in [-0.39, 0.29) is 48.0 Å². The molecule has 182 valence electrons. The van der Waals surface area contributed by atoms with Gasteiger partial charge in [-0.3, -0.25) is 14.4 Å². The summed E-state index contributed by atoms with van der Waals surface area (Å²) in [5.41, 5.74) is 6.51. The first-order valence-corrected chi connectivity index (χ1v) is 11.5. The number of amides is 1. The van der Waals surface area contributed by atoms with E-state index in [2.05, 4.69) is 5.32 Å². The molecule has 1 amide bonds. The van der Waals surface area contributed by atoms with Crippen LogP contribution in [0, 0.1) is 5.82 Å². The van der Waals surface area contributed by atoms with E-state index in [4.69, 9.17) is 15.2 Å². The highest BCUT2D eigenvalue weighted by Crippen LogP contribution is 2.46. The fourth-order valence-electron chi connectivity index (χ4n) is 4.61. The Hall–Kier alpha value is -3.92.